The summed E-state index contributed by atoms with van der Waals surface area (Å²) in [7, 11) is -2.32. The molecule has 37 heavy (non-hydrogen) atoms. The monoisotopic (exact) mass is 535 g/mol. The Balaban J connectivity index is 1.99. The minimum atomic E-state index is -3.97. The van der Waals surface area contributed by atoms with Crippen LogP contribution >= 0.6 is 0 Å². The highest BCUT2D eigenvalue weighted by Crippen LogP contribution is 2.29. The largest absolute Gasteiger partial charge is 0.493 e. The number of aryl methyl sites for hydroxylation is 1. The summed E-state index contributed by atoms with van der Waals surface area (Å²) in [4.78, 5) is 25.2. The van der Waals surface area contributed by atoms with Crippen molar-refractivity contribution in [2.24, 2.45) is 12.8 Å². The van der Waals surface area contributed by atoms with Crippen molar-refractivity contribution in [3.63, 3.8) is 0 Å². The van der Waals surface area contributed by atoms with Crippen LogP contribution in [0.5, 0.6) is 5.75 Å². The second-order valence-electron chi connectivity index (χ2n) is 9.17. The molecule has 204 valence electrons. The van der Waals surface area contributed by atoms with Gasteiger partial charge in [-0.3, -0.25) is 9.59 Å². The third-order valence-electron chi connectivity index (χ3n) is 6.37. The maximum Gasteiger partial charge on any atom is 0.265 e. The van der Waals surface area contributed by atoms with Gasteiger partial charge in [0.05, 0.1) is 29.2 Å². The number of piperazine rings is 1. The van der Waals surface area contributed by atoms with Crippen molar-refractivity contribution in [2.45, 2.75) is 57.1 Å². The summed E-state index contributed by atoms with van der Waals surface area (Å²) in [6.07, 6.45) is 1.21. The molecule has 0 saturated carbocycles. The van der Waals surface area contributed by atoms with E-state index in [4.69, 9.17) is 10.5 Å². The van der Waals surface area contributed by atoms with Crippen molar-refractivity contribution in [1.82, 2.24) is 14.2 Å². The first-order valence-corrected chi connectivity index (χ1v) is 13.9. The van der Waals surface area contributed by atoms with Crippen molar-refractivity contribution in [3.8, 4) is 5.75 Å². The first-order valence-electron chi connectivity index (χ1n) is 12.5. The summed E-state index contributed by atoms with van der Waals surface area (Å²) in [5, 5.41) is 16.1. The number of ether oxygens (including phenoxy) is 1. The van der Waals surface area contributed by atoms with E-state index in [1.165, 1.54) is 27.1 Å². The molecule has 2 amide bonds. The number of hydrogen-bond donors (Lipinski definition) is 4. The number of aliphatic hydroxyl groups is 1. The predicted molar refractivity (Wildman–Crippen MR) is 140 cm³/mol. The lowest BCUT2D eigenvalue weighted by atomic mass is 10.1. The molecule has 0 bridgehead atoms. The number of nitrogens with zero attached hydrogens (tertiary/aromatic N) is 2. The minimum Gasteiger partial charge on any atom is -0.493 e. The second-order valence-corrected chi connectivity index (χ2v) is 11.1. The van der Waals surface area contributed by atoms with Crippen molar-refractivity contribution in [3.05, 3.63) is 41.1 Å². The Morgan fingerprint density at radius 1 is 1.27 bits per heavy atom. The molecular formula is C25H37N5O6S. The number of rotatable bonds is 11. The third-order valence-corrected chi connectivity index (χ3v) is 8.29. The highest BCUT2D eigenvalue weighted by atomic mass is 32.2. The molecule has 2 heterocycles. The molecule has 1 fully saturated rings. The Hall–Kier alpha value is -2.93. The highest BCUT2D eigenvalue weighted by Gasteiger charge is 2.36. The Morgan fingerprint density at radius 3 is 2.62 bits per heavy atom. The highest BCUT2D eigenvalue weighted by molar-refractivity contribution is 7.89. The first kappa shape index (κ1) is 28.6. The number of nitrogens with one attached hydrogen (secondary N) is 2. The molecule has 11 nitrogen and oxygen atoms in total. The van der Waals surface area contributed by atoms with Crippen LogP contribution in [0.15, 0.2) is 29.2 Å². The van der Waals surface area contributed by atoms with Crippen LogP contribution in [-0.2, 0) is 23.5 Å². The molecule has 1 saturated heterocycles. The summed E-state index contributed by atoms with van der Waals surface area (Å²) in [6, 6.07) is 5.20. The molecule has 12 heteroatoms. The van der Waals surface area contributed by atoms with E-state index in [9.17, 15) is 23.1 Å². The third kappa shape index (κ3) is 6.15. The maximum atomic E-state index is 13.5. The number of benzene rings is 1. The zero-order valence-corrected chi connectivity index (χ0v) is 22.6. The molecule has 2 atom stereocenters. The van der Waals surface area contributed by atoms with Gasteiger partial charge in [0.25, 0.3) is 11.8 Å². The number of aromatic nitrogens is 1. The van der Waals surface area contributed by atoms with Gasteiger partial charge in [0.1, 0.15) is 17.3 Å². The van der Waals surface area contributed by atoms with Gasteiger partial charge < -0.3 is 30.8 Å². The number of carbonyl (C=O) groups excluding carboxylic acids is 2. The summed E-state index contributed by atoms with van der Waals surface area (Å²) in [5.41, 5.74) is 6.68. The van der Waals surface area contributed by atoms with Gasteiger partial charge in [-0.25, -0.2) is 8.42 Å². The average molecular weight is 536 g/mol. The summed E-state index contributed by atoms with van der Waals surface area (Å²) in [6.45, 7) is 6.74. The lowest BCUT2D eigenvalue weighted by Gasteiger charge is -2.36. The van der Waals surface area contributed by atoms with E-state index < -0.39 is 34.0 Å². The van der Waals surface area contributed by atoms with E-state index in [1.54, 1.807) is 20.0 Å². The Labute approximate surface area is 218 Å². The van der Waals surface area contributed by atoms with Gasteiger partial charge >= 0.3 is 0 Å². The van der Waals surface area contributed by atoms with Crippen LogP contribution in [0.3, 0.4) is 0 Å². The number of anilines is 1. The van der Waals surface area contributed by atoms with Crippen LogP contribution in [0.25, 0.3) is 0 Å². The van der Waals surface area contributed by atoms with Gasteiger partial charge in [0.2, 0.25) is 10.0 Å². The summed E-state index contributed by atoms with van der Waals surface area (Å²) < 4.78 is 35.7. The van der Waals surface area contributed by atoms with E-state index in [0.717, 1.165) is 12.0 Å². The Morgan fingerprint density at radius 2 is 2.00 bits per heavy atom. The minimum absolute atomic E-state index is 0.0238. The normalized spacial score (nSPS) is 17.4. The number of carbonyl (C=O) groups is 2. The standard InChI is InChI=1S/C25H37N5O6S/c1-5-7-17-13-20(23(26)32)29(4)24(17)28-25(33)19-9-8-18(14-22(19)36-12-6-2)37(34,35)30-11-10-27-15-21(30)16(3)31/h8-9,13-14,16,21,27,31H,5-7,10-12,15H2,1-4H3,(H2,26,32)(H,28,33). The maximum absolute atomic E-state index is 13.5. The SMILES string of the molecule is CCCOc1cc(S(=O)(=O)N2CCNCC2C(C)O)ccc1C(=O)Nc1c(CCC)cc(C(N)=O)n1C. The van der Waals surface area contributed by atoms with Gasteiger partial charge in [0, 0.05) is 32.7 Å². The smallest absolute Gasteiger partial charge is 0.265 e. The van der Waals surface area contributed by atoms with Gasteiger partial charge in [0.15, 0.2) is 0 Å². The molecule has 1 aromatic carbocycles. The first-order chi connectivity index (χ1) is 17.5. The van der Waals surface area contributed by atoms with Gasteiger partial charge in [-0.2, -0.15) is 4.31 Å². The van der Waals surface area contributed by atoms with Crippen LogP contribution in [0, 0.1) is 0 Å². The number of sulfonamides is 1. The molecule has 3 rings (SSSR count). The van der Waals surface area contributed by atoms with Crippen molar-refractivity contribution in [2.75, 3.05) is 31.6 Å². The lowest BCUT2D eigenvalue weighted by molar-refractivity contribution is 0.0910. The van der Waals surface area contributed by atoms with Crippen LogP contribution in [0.4, 0.5) is 5.82 Å². The van der Waals surface area contributed by atoms with E-state index >= 15 is 0 Å². The lowest BCUT2D eigenvalue weighted by Crippen LogP contribution is -2.57. The molecular weight excluding hydrogens is 498 g/mol. The average Bonchev–Trinajstić information content (AvgIpc) is 3.17. The fourth-order valence-corrected chi connectivity index (χ4v) is 6.14. The molecule has 0 aliphatic carbocycles. The molecule has 1 aliphatic heterocycles. The number of nitrogens with two attached hydrogens (primary N) is 1. The second kappa shape index (κ2) is 12.1. The molecule has 2 unspecified atom stereocenters. The van der Waals surface area contributed by atoms with Crippen LogP contribution in [-0.4, -0.2) is 72.6 Å². The molecule has 1 aliphatic rings. The molecule has 0 radical (unpaired) electrons. The van der Waals surface area contributed by atoms with Crippen molar-refractivity contribution >= 4 is 27.7 Å². The van der Waals surface area contributed by atoms with Gasteiger partial charge in [-0.1, -0.05) is 20.3 Å². The van der Waals surface area contributed by atoms with E-state index in [2.05, 4.69) is 10.6 Å². The predicted octanol–water partition coefficient (Wildman–Crippen LogP) is 1.46. The number of aliphatic hydroxyl groups excluding tert-OH is 1. The Kier molecular flexibility index (Phi) is 9.35. The van der Waals surface area contributed by atoms with Crippen LogP contribution < -0.4 is 21.1 Å². The molecule has 5 N–H and O–H groups in total. The van der Waals surface area contributed by atoms with Gasteiger partial charge in [-0.15, -0.1) is 0 Å². The number of amides is 2. The number of primary amides is 1. The zero-order chi connectivity index (χ0) is 27.3. The number of hydrogen-bond acceptors (Lipinski definition) is 7. The summed E-state index contributed by atoms with van der Waals surface area (Å²) >= 11 is 0. The molecule has 0 spiro atoms. The zero-order valence-electron chi connectivity index (χ0n) is 21.8. The topological polar surface area (TPSA) is 156 Å². The fraction of sp³-hybridized carbons (Fsp3) is 0.520. The van der Waals surface area contributed by atoms with Crippen molar-refractivity contribution < 1.29 is 27.9 Å². The fourth-order valence-electron chi connectivity index (χ4n) is 4.44. The van der Waals surface area contributed by atoms with Crippen LogP contribution in [0.2, 0.25) is 0 Å². The van der Waals surface area contributed by atoms with Gasteiger partial charge in [-0.05, 0) is 43.5 Å². The quantitative estimate of drug-likeness (QED) is 0.339. The summed E-state index contributed by atoms with van der Waals surface area (Å²) in [5.74, 6) is -0.538. The van der Waals surface area contributed by atoms with Crippen LogP contribution in [0.1, 0.15) is 60.0 Å². The van der Waals surface area contributed by atoms with E-state index in [0.29, 0.717) is 31.7 Å². The molecule has 1 aromatic heterocycles. The van der Waals surface area contributed by atoms with E-state index in [1.807, 2.05) is 13.8 Å². The molecule has 2 aromatic rings. The van der Waals surface area contributed by atoms with Crippen molar-refractivity contribution in [1.29, 1.82) is 0 Å². The van der Waals surface area contributed by atoms with E-state index in [-0.39, 0.29) is 35.1 Å². The Bertz CT molecular complexity index is 1240.